The Bertz CT molecular complexity index is 1060. The molecule has 2 atom stereocenters. The molecule has 0 saturated carbocycles. The fourth-order valence-electron chi connectivity index (χ4n) is 3.60. The van der Waals surface area contributed by atoms with Crippen molar-refractivity contribution in [2.45, 2.75) is 24.9 Å². The second-order valence-corrected chi connectivity index (χ2v) is 8.61. The van der Waals surface area contributed by atoms with E-state index in [4.69, 9.17) is 0 Å². The average Bonchev–Trinajstić information content (AvgIpc) is 3.15. The average molecular weight is 435 g/mol. The number of benzene rings is 3. The van der Waals surface area contributed by atoms with Crippen molar-refractivity contribution in [1.82, 2.24) is 10.2 Å². The third-order valence-electron chi connectivity index (χ3n) is 5.34. The van der Waals surface area contributed by atoms with Crippen LogP contribution in [0.5, 0.6) is 0 Å². The van der Waals surface area contributed by atoms with Crippen LogP contribution in [-0.2, 0) is 11.3 Å². The minimum atomic E-state index is -0.303. The van der Waals surface area contributed by atoms with Crippen LogP contribution in [0.2, 0.25) is 0 Å². The number of nitrogens with one attached hydrogen (secondary N) is 1. The smallest absolute Gasteiger partial charge is 0.251 e. The third kappa shape index (κ3) is 4.97. The molecule has 0 bridgehead atoms. The molecule has 4 nitrogen and oxygen atoms in total. The summed E-state index contributed by atoms with van der Waals surface area (Å²) in [6.07, 6.45) is 0. The molecule has 4 rings (SSSR count). The van der Waals surface area contributed by atoms with E-state index in [-0.39, 0.29) is 29.0 Å². The summed E-state index contributed by atoms with van der Waals surface area (Å²) in [5, 5.41) is 2.87. The zero-order valence-electron chi connectivity index (χ0n) is 17.1. The van der Waals surface area contributed by atoms with Gasteiger partial charge in [0.15, 0.2) is 0 Å². The summed E-state index contributed by atoms with van der Waals surface area (Å²) in [4.78, 5) is 26.9. The van der Waals surface area contributed by atoms with Crippen LogP contribution in [0.4, 0.5) is 4.39 Å². The van der Waals surface area contributed by atoms with Crippen LogP contribution in [-0.4, -0.2) is 22.5 Å². The van der Waals surface area contributed by atoms with Gasteiger partial charge in [0.25, 0.3) is 5.91 Å². The van der Waals surface area contributed by atoms with Gasteiger partial charge in [0.1, 0.15) is 11.2 Å². The molecule has 0 aliphatic carbocycles. The van der Waals surface area contributed by atoms with Crippen molar-refractivity contribution in [3.05, 3.63) is 107 Å². The van der Waals surface area contributed by atoms with Crippen molar-refractivity contribution >= 4 is 23.6 Å². The first-order valence-corrected chi connectivity index (χ1v) is 11.2. The highest BCUT2D eigenvalue weighted by atomic mass is 32.2. The lowest BCUT2D eigenvalue weighted by atomic mass is 10.1. The quantitative estimate of drug-likeness (QED) is 0.588. The van der Waals surface area contributed by atoms with Crippen LogP contribution in [0.25, 0.3) is 0 Å². The van der Waals surface area contributed by atoms with Crippen molar-refractivity contribution in [2.75, 3.05) is 5.75 Å². The Kier molecular flexibility index (Phi) is 6.37. The maximum Gasteiger partial charge on any atom is 0.251 e. The molecular formula is C25H23FN2O2S. The molecule has 6 heteroatoms. The van der Waals surface area contributed by atoms with Crippen LogP contribution < -0.4 is 5.32 Å². The lowest BCUT2D eigenvalue weighted by Crippen LogP contribution is -2.28. The van der Waals surface area contributed by atoms with Gasteiger partial charge >= 0.3 is 0 Å². The first-order chi connectivity index (χ1) is 15.0. The molecule has 1 fully saturated rings. The van der Waals surface area contributed by atoms with Gasteiger partial charge in [0.2, 0.25) is 5.91 Å². The number of rotatable bonds is 6. The van der Waals surface area contributed by atoms with Gasteiger partial charge in [-0.15, -0.1) is 11.8 Å². The minimum absolute atomic E-state index is 0.0667. The van der Waals surface area contributed by atoms with Crippen molar-refractivity contribution in [1.29, 1.82) is 0 Å². The predicted octanol–water partition coefficient (Wildman–Crippen LogP) is 5.09. The van der Waals surface area contributed by atoms with E-state index in [0.29, 0.717) is 17.9 Å². The number of hydrogen-bond donors (Lipinski definition) is 1. The number of hydrogen-bond acceptors (Lipinski definition) is 3. The molecule has 158 valence electrons. The summed E-state index contributed by atoms with van der Waals surface area (Å²) in [5.74, 6) is 0.0745. The largest absolute Gasteiger partial charge is 0.346 e. The van der Waals surface area contributed by atoms with Crippen molar-refractivity contribution in [2.24, 2.45) is 0 Å². The zero-order chi connectivity index (χ0) is 21.8. The molecule has 31 heavy (non-hydrogen) atoms. The van der Waals surface area contributed by atoms with Crippen molar-refractivity contribution in [3.8, 4) is 0 Å². The number of carbonyl (C=O) groups is 2. The first kappa shape index (κ1) is 21.1. The Labute approximate surface area is 185 Å². The molecule has 0 unspecified atom stereocenters. The van der Waals surface area contributed by atoms with E-state index >= 15 is 0 Å². The highest BCUT2D eigenvalue weighted by Crippen LogP contribution is 2.39. The monoisotopic (exact) mass is 434 g/mol. The van der Waals surface area contributed by atoms with Gasteiger partial charge in [0, 0.05) is 12.1 Å². The molecule has 1 aliphatic rings. The Morgan fingerprint density at radius 1 is 1.06 bits per heavy atom. The second kappa shape index (κ2) is 9.35. The fraction of sp³-hybridized carbons (Fsp3) is 0.200. The topological polar surface area (TPSA) is 49.4 Å². The van der Waals surface area contributed by atoms with E-state index in [1.165, 1.54) is 12.1 Å². The Balaban J connectivity index is 1.43. The summed E-state index contributed by atoms with van der Waals surface area (Å²) in [7, 11) is 0. The van der Waals surface area contributed by atoms with E-state index in [1.807, 2.05) is 54.3 Å². The normalized spacial score (nSPS) is 16.9. The third-order valence-corrected chi connectivity index (χ3v) is 6.60. The molecule has 2 amide bonds. The first-order valence-electron chi connectivity index (χ1n) is 10.1. The molecule has 1 saturated heterocycles. The van der Waals surface area contributed by atoms with E-state index in [2.05, 4.69) is 5.32 Å². The van der Waals surface area contributed by atoms with Crippen LogP contribution in [0, 0.1) is 5.82 Å². The molecule has 0 aromatic heterocycles. The lowest BCUT2D eigenvalue weighted by Gasteiger charge is -2.24. The van der Waals surface area contributed by atoms with Crippen LogP contribution in [0.15, 0.2) is 78.9 Å². The van der Waals surface area contributed by atoms with Gasteiger partial charge in [-0.2, -0.15) is 0 Å². The summed E-state index contributed by atoms with van der Waals surface area (Å²) in [5.41, 5.74) is 3.47. The van der Waals surface area contributed by atoms with Gasteiger partial charge in [-0.05, 0) is 47.9 Å². The van der Waals surface area contributed by atoms with E-state index < -0.39 is 0 Å². The summed E-state index contributed by atoms with van der Waals surface area (Å²) < 4.78 is 13.1. The summed E-state index contributed by atoms with van der Waals surface area (Å²) >= 11 is 1.60. The minimum Gasteiger partial charge on any atom is -0.346 e. The zero-order valence-corrected chi connectivity index (χ0v) is 17.9. The molecule has 3 aromatic rings. The molecule has 1 N–H and O–H groups in total. The van der Waals surface area contributed by atoms with Gasteiger partial charge < -0.3 is 10.2 Å². The maximum absolute atomic E-state index is 13.1. The number of nitrogens with zero attached hydrogens (tertiary/aromatic N) is 1. The summed E-state index contributed by atoms with van der Waals surface area (Å²) in [6.45, 7) is 2.43. The molecule has 3 aromatic carbocycles. The van der Waals surface area contributed by atoms with Gasteiger partial charge in [-0.1, -0.05) is 54.6 Å². The predicted molar refractivity (Wildman–Crippen MR) is 121 cm³/mol. The maximum atomic E-state index is 13.1. The Morgan fingerprint density at radius 2 is 1.74 bits per heavy atom. The number of thioether (sulfide) groups is 1. The van der Waals surface area contributed by atoms with Gasteiger partial charge in [-0.25, -0.2) is 4.39 Å². The summed E-state index contributed by atoms with van der Waals surface area (Å²) in [6, 6.07) is 23.2. The number of carbonyl (C=O) groups excluding carboxylic acids is 2. The molecule has 1 heterocycles. The standard InChI is InChI=1S/C25H23FN2O2S/c1-17(19-11-13-22(26)14-12-19)27-24(30)20-7-9-21(10-8-20)25-28(23(29)16-31-25)15-18-5-3-2-4-6-18/h2-14,17,25H,15-16H2,1H3,(H,27,30)/t17-,25+/m1/s1. The molecule has 0 spiro atoms. The van der Waals surface area contributed by atoms with Crippen molar-refractivity contribution < 1.29 is 14.0 Å². The van der Waals surface area contributed by atoms with E-state index in [1.54, 1.807) is 36.0 Å². The number of amides is 2. The Morgan fingerprint density at radius 3 is 2.42 bits per heavy atom. The molecule has 1 aliphatic heterocycles. The highest BCUT2D eigenvalue weighted by Gasteiger charge is 2.32. The van der Waals surface area contributed by atoms with Crippen molar-refractivity contribution in [3.63, 3.8) is 0 Å². The molecular weight excluding hydrogens is 411 g/mol. The van der Waals surface area contributed by atoms with Crippen LogP contribution >= 0.6 is 11.8 Å². The second-order valence-electron chi connectivity index (χ2n) is 7.54. The lowest BCUT2D eigenvalue weighted by molar-refractivity contribution is -0.128. The van der Waals surface area contributed by atoms with Crippen LogP contribution in [0.1, 0.15) is 45.4 Å². The van der Waals surface area contributed by atoms with Crippen LogP contribution in [0.3, 0.4) is 0 Å². The Hall–Kier alpha value is -3.12. The van der Waals surface area contributed by atoms with Gasteiger partial charge in [-0.3, -0.25) is 9.59 Å². The fourth-order valence-corrected chi connectivity index (χ4v) is 4.78. The SMILES string of the molecule is C[C@@H](NC(=O)c1ccc([C@@H]2SCC(=O)N2Cc2ccccc2)cc1)c1ccc(F)cc1. The van der Waals surface area contributed by atoms with Gasteiger partial charge in [0.05, 0.1) is 11.8 Å². The van der Waals surface area contributed by atoms with E-state index in [0.717, 1.165) is 16.7 Å². The number of halogens is 1. The highest BCUT2D eigenvalue weighted by molar-refractivity contribution is 8.00. The van der Waals surface area contributed by atoms with E-state index in [9.17, 15) is 14.0 Å². The molecule has 0 radical (unpaired) electrons.